The highest BCUT2D eigenvalue weighted by molar-refractivity contribution is 5.80. The van der Waals surface area contributed by atoms with Crippen molar-refractivity contribution in [2.45, 2.75) is 71.4 Å². The van der Waals surface area contributed by atoms with E-state index in [1.807, 2.05) is 18.8 Å². The maximum absolute atomic E-state index is 4.68. The van der Waals surface area contributed by atoms with Crippen LogP contribution in [-0.4, -0.2) is 53.4 Å². The van der Waals surface area contributed by atoms with Crippen LogP contribution in [0, 0.1) is 5.92 Å². The molecular formula is C21H38N6. The smallest absolute Gasteiger partial charge is 0.191 e. The Labute approximate surface area is 164 Å². The second kappa shape index (κ2) is 9.58. The zero-order valence-corrected chi connectivity index (χ0v) is 17.7. The third kappa shape index (κ3) is 5.03. The molecule has 1 saturated heterocycles. The van der Waals surface area contributed by atoms with Crippen molar-refractivity contribution in [3.63, 3.8) is 0 Å². The van der Waals surface area contributed by atoms with Gasteiger partial charge in [-0.15, -0.1) is 0 Å². The van der Waals surface area contributed by atoms with Gasteiger partial charge in [0.2, 0.25) is 0 Å². The fraction of sp³-hybridized carbons (Fsp3) is 0.810. The molecule has 1 aromatic heterocycles. The lowest BCUT2D eigenvalue weighted by Crippen LogP contribution is -2.44. The zero-order chi connectivity index (χ0) is 19.2. The molecule has 27 heavy (non-hydrogen) atoms. The predicted molar refractivity (Wildman–Crippen MR) is 112 cm³/mol. The summed E-state index contributed by atoms with van der Waals surface area (Å²) in [6.07, 6.45) is 8.92. The van der Waals surface area contributed by atoms with Crippen LogP contribution in [0.25, 0.3) is 0 Å². The number of nitrogens with zero attached hydrogens (tertiary/aromatic N) is 4. The summed E-state index contributed by atoms with van der Waals surface area (Å²) >= 11 is 0. The SMILES string of the molecule is CCc1nn(C)c(CC)c1CNC(=NC)NC1CCN(CC2CCCC2)C1. The van der Waals surface area contributed by atoms with Gasteiger partial charge in [-0.2, -0.15) is 5.10 Å². The third-order valence-corrected chi connectivity index (χ3v) is 6.29. The molecule has 152 valence electrons. The van der Waals surface area contributed by atoms with Crippen molar-refractivity contribution in [2.24, 2.45) is 18.0 Å². The molecule has 6 nitrogen and oxygen atoms in total. The molecule has 0 amide bonds. The van der Waals surface area contributed by atoms with Crippen LogP contribution in [0.4, 0.5) is 0 Å². The normalized spacial score (nSPS) is 21.9. The topological polar surface area (TPSA) is 57.5 Å². The van der Waals surface area contributed by atoms with Gasteiger partial charge < -0.3 is 15.5 Å². The standard InChI is InChI=1S/C21H38N6/c1-5-19-18(20(6-2)26(4)25-19)13-23-21(22-3)24-17-11-12-27(15-17)14-16-9-7-8-10-16/h16-17H,5-15H2,1-4H3,(H2,22,23,24). The maximum Gasteiger partial charge on any atom is 0.191 e. The van der Waals surface area contributed by atoms with Gasteiger partial charge in [0, 0.05) is 57.6 Å². The van der Waals surface area contributed by atoms with Gasteiger partial charge in [-0.25, -0.2) is 0 Å². The van der Waals surface area contributed by atoms with Crippen molar-refractivity contribution in [1.82, 2.24) is 25.3 Å². The Hall–Kier alpha value is -1.56. The Balaban J connectivity index is 1.50. The lowest BCUT2D eigenvalue weighted by molar-refractivity contribution is 0.275. The van der Waals surface area contributed by atoms with Crippen molar-refractivity contribution in [1.29, 1.82) is 0 Å². The molecule has 0 aromatic carbocycles. The van der Waals surface area contributed by atoms with Crippen LogP contribution >= 0.6 is 0 Å². The Morgan fingerprint density at radius 3 is 2.63 bits per heavy atom. The molecule has 1 aliphatic carbocycles. The molecule has 0 bridgehead atoms. The first-order chi connectivity index (χ1) is 13.1. The molecule has 2 heterocycles. The minimum Gasteiger partial charge on any atom is -0.352 e. The first-order valence-corrected chi connectivity index (χ1v) is 10.9. The summed E-state index contributed by atoms with van der Waals surface area (Å²) in [5.74, 6) is 1.85. The molecule has 2 aliphatic rings. The third-order valence-electron chi connectivity index (χ3n) is 6.29. The Bertz CT molecular complexity index is 629. The molecular weight excluding hydrogens is 336 g/mol. The molecule has 1 atom stereocenters. The zero-order valence-electron chi connectivity index (χ0n) is 17.7. The summed E-state index contributed by atoms with van der Waals surface area (Å²) < 4.78 is 2.03. The largest absolute Gasteiger partial charge is 0.352 e. The van der Waals surface area contributed by atoms with E-state index in [1.54, 1.807) is 0 Å². The van der Waals surface area contributed by atoms with E-state index >= 15 is 0 Å². The van der Waals surface area contributed by atoms with E-state index < -0.39 is 0 Å². The maximum atomic E-state index is 4.68. The highest BCUT2D eigenvalue weighted by Crippen LogP contribution is 2.26. The average Bonchev–Trinajstić information content (AvgIpc) is 3.39. The number of aryl methyl sites for hydroxylation is 2. The number of likely N-dealkylation sites (tertiary alicyclic amines) is 1. The molecule has 0 spiro atoms. The highest BCUT2D eigenvalue weighted by Gasteiger charge is 2.26. The number of rotatable bonds is 7. The molecule has 2 N–H and O–H groups in total. The highest BCUT2D eigenvalue weighted by atomic mass is 15.3. The van der Waals surface area contributed by atoms with Crippen LogP contribution in [0.2, 0.25) is 0 Å². The fourth-order valence-electron chi connectivity index (χ4n) is 4.83. The molecule has 3 rings (SSSR count). The van der Waals surface area contributed by atoms with E-state index in [-0.39, 0.29) is 0 Å². The summed E-state index contributed by atoms with van der Waals surface area (Å²) in [6, 6.07) is 0.503. The molecule has 6 heteroatoms. The molecule has 1 saturated carbocycles. The second-order valence-corrected chi connectivity index (χ2v) is 8.17. The average molecular weight is 375 g/mol. The van der Waals surface area contributed by atoms with E-state index in [4.69, 9.17) is 0 Å². The molecule has 2 fully saturated rings. The summed E-state index contributed by atoms with van der Waals surface area (Å²) in [5, 5.41) is 11.8. The van der Waals surface area contributed by atoms with Crippen LogP contribution in [0.3, 0.4) is 0 Å². The van der Waals surface area contributed by atoms with Crippen molar-refractivity contribution in [3.8, 4) is 0 Å². The van der Waals surface area contributed by atoms with Crippen molar-refractivity contribution < 1.29 is 0 Å². The summed E-state index contributed by atoms with van der Waals surface area (Å²) in [4.78, 5) is 7.11. The molecule has 1 aliphatic heterocycles. The van der Waals surface area contributed by atoms with E-state index in [0.717, 1.165) is 37.8 Å². The summed E-state index contributed by atoms with van der Waals surface area (Å²) in [5.41, 5.74) is 3.85. The van der Waals surface area contributed by atoms with Gasteiger partial charge in [0.15, 0.2) is 5.96 Å². The van der Waals surface area contributed by atoms with E-state index in [0.29, 0.717) is 6.04 Å². The minimum absolute atomic E-state index is 0.503. The van der Waals surface area contributed by atoms with Crippen LogP contribution in [0.1, 0.15) is 62.9 Å². The summed E-state index contributed by atoms with van der Waals surface area (Å²) in [7, 11) is 3.91. The lowest BCUT2D eigenvalue weighted by atomic mass is 10.1. The van der Waals surface area contributed by atoms with Crippen molar-refractivity contribution in [3.05, 3.63) is 17.0 Å². The number of aromatic nitrogens is 2. The Morgan fingerprint density at radius 1 is 1.19 bits per heavy atom. The van der Waals surface area contributed by atoms with Crippen LogP contribution in [0.15, 0.2) is 4.99 Å². The number of guanidine groups is 1. The first kappa shape index (κ1) is 20.2. The van der Waals surface area contributed by atoms with E-state index in [1.165, 1.54) is 62.1 Å². The van der Waals surface area contributed by atoms with Crippen molar-refractivity contribution >= 4 is 5.96 Å². The van der Waals surface area contributed by atoms with Crippen LogP contribution < -0.4 is 10.6 Å². The Morgan fingerprint density at radius 2 is 1.96 bits per heavy atom. The number of hydrogen-bond acceptors (Lipinski definition) is 3. The molecule has 1 aromatic rings. The molecule has 0 radical (unpaired) electrons. The predicted octanol–water partition coefficient (Wildman–Crippen LogP) is 2.47. The quantitative estimate of drug-likeness (QED) is 0.569. The van der Waals surface area contributed by atoms with Gasteiger partial charge in [0.05, 0.1) is 5.69 Å². The van der Waals surface area contributed by atoms with Crippen LogP contribution in [-0.2, 0) is 26.4 Å². The number of aliphatic imine (C=N–C) groups is 1. The number of nitrogens with one attached hydrogen (secondary N) is 2. The van der Waals surface area contributed by atoms with E-state index in [2.05, 4.69) is 39.5 Å². The van der Waals surface area contributed by atoms with Gasteiger partial charge in [-0.05, 0) is 38.0 Å². The van der Waals surface area contributed by atoms with E-state index in [9.17, 15) is 0 Å². The Kier molecular flexibility index (Phi) is 7.16. The summed E-state index contributed by atoms with van der Waals surface area (Å²) in [6.45, 7) is 8.82. The van der Waals surface area contributed by atoms with Gasteiger partial charge in [0.1, 0.15) is 0 Å². The van der Waals surface area contributed by atoms with Gasteiger partial charge in [-0.3, -0.25) is 9.67 Å². The lowest BCUT2D eigenvalue weighted by Gasteiger charge is -2.21. The van der Waals surface area contributed by atoms with Crippen LogP contribution in [0.5, 0.6) is 0 Å². The van der Waals surface area contributed by atoms with Gasteiger partial charge in [-0.1, -0.05) is 26.7 Å². The fourth-order valence-corrected chi connectivity index (χ4v) is 4.83. The second-order valence-electron chi connectivity index (χ2n) is 8.17. The first-order valence-electron chi connectivity index (χ1n) is 10.9. The van der Waals surface area contributed by atoms with Gasteiger partial charge in [0.25, 0.3) is 0 Å². The van der Waals surface area contributed by atoms with Crippen molar-refractivity contribution in [2.75, 3.05) is 26.7 Å². The number of hydrogen-bond donors (Lipinski definition) is 2. The monoisotopic (exact) mass is 374 g/mol. The van der Waals surface area contributed by atoms with Gasteiger partial charge >= 0.3 is 0 Å². The minimum atomic E-state index is 0.503. The molecule has 1 unspecified atom stereocenters.